The zero-order chi connectivity index (χ0) is 19.7. The van der Waals surface area contributed by atoms with Gasteiger partial charge in [-0.15, -0.1) is 0 Å². The zero-order valence-electron chi connectivity index (χ0n) is 17.5. The lowest BCUT2D eigenvalue weighted by molar-refractivity contribution is -0.129. The molecule has 1 aromatic rings. The first-order chi connectivity index (χ1) is 13.4. The molecule has 7 heteroatoms. The van der Waals surface area contributed by atoms with Crippen molar-refractivity contribution in [3.05, 3.63) is 17.1 Å². The van der Waals surface area contributed by atoms with E-state index in [0.29, 0.717) is 12.5 Å². The maximum absolute atomic E-state index is 11.9. The van der Waals surface area contributed by atoms with E-state index >= 15 is 0 Å². The molecule has 154 valence electrons. The molecule has 0 aliphatic carbocycles. The van der Waals surface area contributed by atoms with Crippen molar-refractivity contribution < 1.29 is 9.53 Å². The molecule has 0 unspecified atom stereocenters. The van der Waals surface area contributed by atoms with Gasteiger partial charge in [0.05, 0.1) is 17.8 Å². The molecule has 2 saturated heterocycles. The van der Waals surface area contributed by atoms with Gasteiger partial charge in [0.25, 0.3) is 0 Å². The standard InChI is InChI=1S/C21H33N5O2/c1-15(27)26-11-7-18-17(13-26)20(22-14-21(2)8-4-12-28-21)24-19(23-18)16-5-9-25(3)10-6-16/h16H,4-14H2,1-3H3,(H,22,23,24)/t21-/m0/s1. The van der Waals surface area contributed by atoms with Gasteiger partial charge < -0.3 is 19.9 Å². The van der Waals surface area contributed by atoms with Gasteiger partial charge >= 0.3 is 0 Å². The molecule has 0 saturated carbocycles. The summed E-state index contributed by atoms with van der Waals surface area (Å²) < 4.78 is 5.95. The number of carbonyl (C=O) groups excluding carboxylic acids is 1. The molecule has 4 rings (SSSR count). The minimum Gasteiger partial charge on any atom is -0.373 e. The fraction of sp³-hybridized carbons (Fsp3) is 0.762. The van der Waals surface area contributed by atoms with E-state index in [1.807, 2.05) is 4.90 Å². The molecule has 3 aliphatic rings. The van der Waals surface area contributed by atoms with Crippen LogP contribution in [0.2, 0.25) is 0 Å². The quantitative estimate of drug-likeness (QED) is 0.854. The van der Waals surface area contributed by atoms with Crippen molar-refractivity contribution in [3.8, 4) is 0 Å². The third-order valence-corrected chi connectivity index (χ3v) is 6.54. The summed E-state index contributed by atoms with van der Waals surface area (Å²) in [5, 5.41) is 3.58. The molecule has 28 heavy (non-hydrogen) atoms. The number of anilines is 1. The van der Waals surface area contributed by atoms with Crippen LogP contribution in [0, 0.1) is 0 Å². The second-order valence-electron chi connectivity index (χ2n) is 8.88. The number of piperidine rings is 1. The van der Waals surface area contributed by atoms with E-state index in [0.717, 1.165) is 87.8 Å². The Labute approximate surface area is 167 Å². The van der Waals surface area contributed by atoms with E-state index < -0.39 is 0 Å². The van der Waals surface area contributed by atoms with Gasteiger partial charge in [-0.1, -0.05) is 0 Å². The van der Waals surface area contributed by atoms with Crippen molar-refractivity contribution >= 4 is 11.7 Å². The van der Waals surface area contributed by atoms with Gasteiger partial charge in [0.1, 0.15) is 11.6 Å². The van der Waals surface area contributed by atoms with E-state index in [4.69, 9.17) is 14.7 Å². The van der Waals surface area contributed by atoms with Gasteiger partial charge in [0.15, 0.2) is 0 Å². The molecule has 0 aromatic carbocycles. The highest BCUT2D eigenvalue weighted by Gasteiger charge is 2.32. The van der Waals surface area contributed by atoms with Crippen molar-refractivity contribution in [3.63, 3.8) is 0 Å². The maximum atomic E-state index is 11.9. The van der Waals surface area contributed by atoms with Gasteiger partial charge in [-0.05, 0) is 52.7 Å². The average Bonchev–Trinajstić information content (AvgIpc) is 3.13. The Morgan fingerprint density at radius 1 is 1.29 bits per heavy atom. The highest BCUT2D eigenvalue weighted by molar-refractivity contribution is 5.74. The number of hydrogen-bond acceptors (Lipinski definition) is 6. The molecule has 0 spiro atoms. The number of carbonyl (C=O) groups is 1. The first kappa shape index (κ1) is 19.6. The Kier molecular flexibility index (Phi) is 5.56. The molecule has 1 N–H and O–H groups in total. The molecule has 1 amide bonds. The Balaban J connectivity index is 1.60. The number of rotatable bonds is 4. The lowest BCUT2D eigenvalue weighted by Gasteiger charge is -2.32. The van der Waals surface area contributed by atoms with Gasteiger partial charge in [-0.3, -0.25) is 4.79 Å². The molecule has 2 fully saturated rings. The van der Waals surface area contributed by atoms with Crippen LogP contribution in [0.25, 0.3) is 0 Å². The Bertz CT molecular complexity index is 724. The predicted octanol–water partition coefficient (Wildman–Crippen LogP) is 2.17. The molecule has 0 radical (unpaired) electrons. The van der Waals surface area contributed by atoms with Crippen LogP contribution in [0.15, 0.2) is 0 Å². The smallest absolute Gasteiger partial charge is 0.219 e. The van der Waals surface area contributed by atoms with E-state index in [1.54, 1.807) is 6.92 Å². The van der Waals surface area contributed by atoms with Crippen LogP contribution in [-0.4, -0.2) is 71.1 Å². The number of aromatic nitrogens is 2. The van der Waals surface area contributed by atoms with Crippen molar-refractivity contribution in [1.82, 2.24) is 19.8 Å². The third kappa shape index (κ3) is 4.15. The molecule has 1 atom stereocenters. The highest BCUT2D eigenvalue weighted by atomic mass is 16.5. The van der Waals surface area contributed by atoms with Crippen LogP contribution in [0.4, 0.5) is 5.82 Å². The van der Waals surface area contributed by atoms with Gasteiger partial charge in [-0.2, -0.15) is 0 Å². The summed E-state index contributed by atoms with van der Waals surface area (Å²) in [4.78, 5) is 26.1. The average molecular weight is 388 g/mol. The number of nitrogens with one attached hydrogen (secondary N) is 1. The predicted molar refractivity (Wildman–Crippen MR) is 108 cm³/mol. The van der Waals surface area contributed by atoms with Crippen molar-refractivity contribution in [2.45, 2.75) is 64.0 Å². The van der Waals surface area contributed by atoms with Crippen LogP contribution in [-0.2, 0) is 22.5 Å². The van der Waals surface area contributed by atoms with Crippen molar-refractivity contribution in [2.75, 3.05) is 45.2 Å². The summed E-state index contributed by atoms with van der Waals surface area (Å²) in [6, 6.07) is 0. The van der Waals surface area contributed by atoms with E-state index in [1.165, 1.54) is 0 Å². The molecule has 1 aromatic heterocycles. The Morgan fingerprint density at radius 2 is 2.07 bits per heavy atom. The summed E-state index contributed by atoms with van der Waals surface area (Å²) in [5.74, 6) is 2.41. The van der Waals surface area contributed by atoms with Crippen LogP contribution in [0.1, 0.15) is 62.5 Å². The lowest BCUT2D eigenvalue weighted by atomic mass is 9.95. The highest BCUT2D eigenvalue weighted by Crippen LogP contribution is 2.31. The van der Waals surface area contributed by atoms with Crippen LogP contribution >= 0.6 is 0 Å². The number of fused-ring (bicyclic) bond motifs is 1. The summed E-state index contributed by atoms with van der Waals surface area (Å²) >= 11 is 0. The molecule has 0 bridgehead atoms. The number of nitrogens with zero attached hydrogens (tertiary/aromatic N) is 4. The van der Waals surface area contributed by atoms with Crippen LogP contribution in [0.3, 0.4) is 0 Å². The number of likely N-dealkylation sites (tertiary alicyclic amines) is 1. The fourth-order valence-electron chi connectivity index (χ4n) is 4.54. The number of ether oxygens (including phenoxy) is 1. The first-order valence-electron chi connectivity index (χ1n) is 10.7. The third-order valence-electron chi connectivity index (χ3n) is 6.54. The zero-order valence-corrected chi connectivity index (χ0v) is 17.5. The number of amides is 1. The summed E-state index contributed by atoms with van der Waals surface area (Å²) in [6.07, 6.45) is 5.19. The fourth-order valence-corrected chi connectivity index (χ4v) is 4.54. The minimum absolute atomic E-state index is 0.113. The summed E-state index contributed by atoms with van der Waals surface area (Å²) in [5.41, 5.74) is 2.06. The van der Waals surface area contributed by atoms with Gasteiger partial charge in [0, 0.05) is 44.5 Å². The summed E-state index contributed by atoms with van der Waals surface area (Å²) in [7, 11) is 2.18. The molecule has 4 heterocycles. The van der Waals surface area contributed by atoms with Crippen LogP contribution < -0.4 is 5.32 Å². The summed E-state index contributed by atoms with van der Waals surface area (Å²) in [6.45, 7) is 8.91. The topological polar surface area (TPSA) is 70.6 Å². The van der Waals surface area contributed by atoms with Gasteiger partial charge in [0.2, 0.25) is 5.91 Å². The largest absolute Gasteiger partial charge is 0.373 e. The Morgan fingerprint density at radius 3 is 2.75 bits per heavy atom. The molecule has 7 nitrogen and oxygen atoms in total. The molecular formula is C21H33N5O2. The van der Waals surface area contributed by atoms with Gasteiger partial charge in [-0.25, -0.2) is 9.97 Å². The lowest BCUT2D eigenvalue weighted by Crippen LogP contribution is -2.37. The second-order valence-corrected chi connectivity index (χ2v) is 8.88. The normalized spacial score (nSPS) is 26.3. The van der Waals surface area contributed by atoms with E-state index in [-0.39, 0.29) is 11.5 Å². The van der Waals surface area contributed by atoms with Crippen molar-refractivity contribution in [1.29, 1.82) is 0 Å². The first-order valence-corrected chi connectivity index (χ1v) is 10.7. The van der Waals surface area contributed by atoms with E-state index in [9.17, 15) is 4.79 Å². The van der Waals surface area contributed by atoms with E-state index in [2.05, 4.69) is 24.2 Å². The SMILES string of the molecule is CC(=O)N1CCc2nc(C3CCN(C)CC3)nc(NC[C@]3(C)CCCO3)c2C1. The second kappa shape index (κ2) is 7.95. The minimum atomic E-state index is -0.138. The number of hydrogen-bond donors (Lipinski definition) is 1. The molecular weight excluding hydrogens is 354 g/mol. The monoisotopic (exact) mass is 387 g/mol. The maximum Gasteiger partial charge on any atom is 0.219 e. The van der Waals surface area contributed by atoms with Crippen molar-refractivity contribution in [2.24, 2.45) is 0 Å². The Hall–Kier alpha value is -1.73. The molecule has 3 aliphatic heterocycles. The van der Waals surface area contributed by atoms with Crippen LogP contribution in [0.5, 0.6) is 0 Å².